The van der Waals surface area contributed by atoms with Crippen molar-refractivity contribution in [1.82, 2.24) is 20.1 Å². The van der Waals surface area contributed by atoms with Gasteiger partial charge in [-0.3, -0.25) is 14.4 Å². The topological polar surface area (TPSA) is 190 Å². The van der Waals surface area contributed by atoms with Gasteiger partial charge in [0.1, 0.15) is 43.3 Å². The summed E-state index contributed by atoms with van der Waals surface area (Å²) in [5.74, 6) is -4.72. The Labute approximate surface area is 329 Å². The average molecular weight is 814 g/mol. The summed E-state index contributed by atoms with van der Waals surface area (Å²) in [7, 11) is 0. The summed E-state index contributed by atoms with van der Waals surface area (Å²) in [4.78, 5) is 52.8. The van der Waals surface area contributed by atoms with Crippen molar-refractivity contribution in [2.24, 2.45) is 0 Å². The lowest BCUT2D eigenvalue weighted by molar-refractivity contribution is -0.156. The van der Waals surface area contributed by atoms with Gasteiger partial charge in [0.2, 0.25) is 12.7 Å². The molecule has 1 N–H and O–H groups in total. The zero-order valence-corrected chi connectivity index (χ0v) is 31.3. The number of allylic oxidation sites excluding steroid dienone is 2. The van der Waals surface area contributed by atoms with Crippen molar-refractivity contribution in [2.45, 2.75) is 48.7 Å². The van der Waals surface area contributed by atoms with E-state index >= 15 is 4.39 Å². The van der Waals surface area contributed by atoms with Crippen LogP contribution in [-0.2, 0) is 55.0 Å². The van der Waals surface area contributed by atoms with Crippen molar-refractivity contribution in [3.8, 4) is 6.07 Å². The fraction of sp³-hybridized carbons (Fsp3) is 0.342. The van der Waals surface area contributed by atoms with E-state index in [0.717, 1.165) is 18.2 Å². The van der Waals surface area contributed by atoms with Gasteiger partial charge in [0.05, 0.1) is 43.1 Å². The molecule has 2 heterocycles. The highest BCUT2D eigenvalue weighted by molar-refractivity contribution is 8.00. The number of ether oxygens (including phenoxy) is 6. The molecule has 0 unspecified atom stereocenters. The molecule has 0 aliphatic carbocycles. The number of nitriles is 1. The maximum atomic E-state index is 15.6. The van der Waals surface area contributed by atoms with E-state index in [9.17, 15) is 28.0 Å². The molecule has 15 nitrogen and oxygen atoms in total. The highest BCUT2D eigenvalue weighted by Gasteiger charge is 2.47. The molecule has 19 heteroatoms. The average Bonchev–Trinajstić information content (AvgIpc) is 3.70. The van der Waals surface area contributed by atoms with Gasteiger partial charge in [-0.25, -0.2) is 27.6 Å². The number of nitrogens with one attached hydrogen (secondary N) is 1. The number of thioether (sulfide) groups is 1. The quantitative estimate of drug-likeness (QED) is 0.0567. The Balaban J connectivity index is 1.39. The van der Waals surface area contributed by atoms with Crippen LogP contribution in [0, 0.1) is 28.8 Å². The fourth-order valence-electron chi connectivity index (χ4n) is 5.20. The lowest BCUT2D eigenvalue weighted by Crippen LogP contribution is -2.47. The van der Waals surface area contributed by atoms with Crippen molar-refractivity contribution in [2.75, 3.05) is 33.2 Å². The van der Waals surface area contributed by atoms with E-state index in [1.54, 1.807) is 25.2 Å². The first-order valence-electron chi connectivity index (χ1n) is 17.2. The Morgan fingerprint density at radius 1 is 1.07 bits per heavy atom. The molecule has 0 spiro atoms. The number of esters is 2. The molecule has 3 aromatic rings. The molecule has 302 valence electrons. The predicted molar refractivity (Wildman–Crippen MR) is 196 cm³/mol. The lowest BCUT2D eigenvalue weighted by Gasteiger charge is -2.40. The third kappa shape index (κ3) is 13.6. The molecular formula is C38H38F3N5O10S. The van der Waals surface area contributed by atoms with Gasteiger partial charge in [-0.15, -0.1) is 11.8 Å². The molecule has 4 rings (SSSR count). The second-order valence-corrected chi connectivity index (χ2v) is 13.7. The monoisotopic (exact) mass is 813 g/mol. The SMILES string of the molecule is C=CCOC(=O)CNC(=O)CCC(=O)OCOC(=O)O[C@@](Cn1cncn1)(c1ccc(F)cc1F)[C@@H](C)SC1COC(/C=C/C=C/c2ccc(C#N)cc2F)OC1. The van der Waals surface area contributed by atoms with Crippen LogP contribution in [0.1, 0.15) is 36.5 Å². The summed E-state index contributed by atoms with van der Waals surface area (Å²) in [5, 5.41) is 14.1. The maximum Gasteiger partial charge on any atom is 0.512 e. The third-order valence-electron chi connectivity index (χ3n) is 7.99. The van der Waals surface area contributed by atoms with Crippen LogP contribution in [-0.4, -0.2) is 88.7 Å². The molecule has 2 atom stereocenters. The number of rotatable bonds is 19. The molecule has 1 aromatic heterocycles. The van der Waals surface area contributed by atoms with Gasteiger partial charge in [-0.2, -0.15) is 10.4 Å². The van der Waals surface area contributed by atoms with Crippen molar-refractivity contribution in [3.05, 3.63) is 114 Å². The summed E-state index contributed by atoms with van der Waals surface area (Å²) in [5.41, 5.74) is -1.68. The van der Waals surface area contributed by atoms with Crippen LogP contribution in [0.4, 0.5) is 18.0 Å². The molecule has 0 radical (unpaired) electrons. The largest absolute Gasteiger partial charge is 0.512 e. The van der Waals surface area contributed by atoms with E-state index in [2.05, 4.69) is 22.0 Å². The van der Waals surface area contributed by atoms with E-state index in [-0.39, 0.29) is 54.7 Å². The van der Waals surface area contributed by atoms with Crippen LogP contribution in [0.3, 0.4) is 0 Å². The van der Waals surface area contributed by atoms with Gasteiger partial charge in [0, 0.05) is 28.9 Å². The summed E-state index contributed by atoms with van der Waals surface area (Å²) in [6.45, 7) is 3.63. The Kier molecular flexibility index (Phi) is 16.8. The second-order valence-electron chi connectivity index (χ2n) is 12.0. The predicted octanol–water partition coefficient (Wildman–Crippen LogP) is 4.87. The van der Waals surface area contributed by atoms with Crippen LogP contribution in [0.15, 0.2) is 79.9 Å². The van der Waals surface area contributed by atoms with E-state index in [0.29, 0.717) is 6.07 Å². The van der Waals surface area contributed by atoms with Crippen LogP contribution in [0.5, 0.6) is 0 Å². The molecule has 1 aliphatic heterocycles. The zero-order valence-electron chi connectivity index (χ0n) is 30.5. The first-order chi connectivity index (χ1) is 27.4. The molecule has 0 bridgehead atoms. The summed E-state index contributed by atoms with van der Waals surface area (Å²) in [6, 6.07) is 8.75. The van der Waals surface area contributed by atoms with Crippen molar-refractivity contribution < 1.29 is 60.8 Å². The highest BCUT2D eigenvalue weighted by Crippen LogP contribution is 2.42. The normalized spacial score (nSPS) is 16.9. The highest BCUT2D eigenvalue weighted by atomic mass is 32.2. The Bertz CT molecular complexity index is 1970. The minimum absolute atomic E-state index is 0.0279. The fourth-order valence-corrected chi connectivity index (χ4v) is 6.56. The van der Waals surface area contributed by atoms with Crippen LogP contribution in [0.25, 0.3) is 6.08 Å². The first-order valence-corrected chi connectivity index (χ1v) is 18.1. The Morgan fingerprint density at radius 2 is 1.86 bits per heavy atom. The molecule has 1 fully saturated rings. The smallest absolute Gasteiger partial charge is 0.460 e. The molecule has 1 amide bonds. The molecular weight excluding hydrogens is 776 g/mol. The number of benzene rings is 2. The second kappa shape index (κ2) is 21.9. The van der Waals surface area contributed by atoms with E-state index in [1.807, 2.05) is 6.07 Å². The van der Waals surface area contributed by atoms with Gasteiger partial charge in [-0.1, -0.05) is 36.9 Å². The lowest BCUT2D eigenvalue weighted by atomic mass is 9.89. The maximum absolute atomic E-state index is 15.6. The molecule has 1 aliphatic rings. The van der Waals surface area contributed by atoms with Gasteiger partial charge in [0.15, 0.2) is 11.9 Å². The summed E-state index contributed by atoms with van der Waals surface area (Å²) >= 11 is 1.21. The van der Waals surface area contributed by atoms with Crippen molar-refractivity contribution in [1.29, 1.82) is 5.26 Å². The minimum atomic E-state index is -1.94. The van der Waals surface area contributed by atoms with Gasteiger partial charge < -0.3 is 33.7 Å². The number of amides is 1. The Morgan fingerprint density at radius 3 is 2.54 bits per heavy atom. The van der Waals surface area contributed by atoms with Gasteiger partial charge in [-0.05, 0) is 37.3 Å². The van der Waals surface area contributed by atoms with Crippen LogP contribution in [0.2, 0.25) is 0 Å². The van der Waals surface area contributed by atoms with Crippen molar-refractivity contribution in [3.63, 3.8) is 0 Å². The molecule has 0 saturated carbocycles. The number of halogens is 3. The van der Waals surface area contributed by atoms with Crippen LogP contribution < -0.4 is 5.32 Å². The summed E-state index contributed by atoms with van der Waals surface area (Å²) < 4.78 is 77.4. The first kappa shape index (κ1) is 43.8. The van der Waals surface area contributed by atoms with E-state index in [4.69, 9.17) is 33.7 Å². The number of nitrogens with zero attached hydrogens (tertiary/aromatic N) is 4. The molecule has 2 aromatic carbocycles. The number of aromatic nitrogens is 3. The molecule has 1 saturated heterocycles. The van der Waals surface area contributed by atoms with E-state index < -0.39 is 78.4 Å². The van der Waals surface area contributed by atoms with Gasteiger partial charge >= 0.3 is 18.1 Å². The Hall–Kier alpha value is -5.97. The standard InChI is InChI=1S/C38H38F3N5O10S/c1-3-14-51-35(49)18-44-33(47)12-13-34(48)54-24-55-37(50)56-38(21-46-23-43-22-45-46,30-11-10-28(39)16-32(30)41)25(2)57-29-19-52-36(53-20-29)7-5-4-6-27-9-8-26(17-42)15-31(27)40/h3-11,15-16,22-23,25,29,36H,1,12-14,18-21,24H2,2H3,(H,44,47)/b6-4+,7-5+/t25-,29?,36?,38-/m1/s1. The zero-order chi connectivity index (χ0) is 41.2. The third-order valence-corrected chi connectivity index (χ3v) is 9.44. The number of carbonyl (C=O) groups is 4. The van der Waals surface area contributed by atoms with E-state index in [1.165, 1.54) is 53.4 Å². The molecule has 57 heavy (non-hydrogen) atoms. The minimum Gasteiger partial charge on any atom is -0.460 e. The van der Waals surface area contributed by atoms with Crippen LogP contribution >= 0.6 is 11.8 Å². The number of hydrogen-bond acceptors (Lipinski definition) is 14. The van der Waals surface area contributed by atoms with Crippen molar-refractivity contribution >= 4 is 41.8 Å². The van der Waals surface area contributed by atoms with Gasteiger partial charge in [0.25, 0.3) is 0 Å². The number of carbonyl (C=O) groups excluding carboxylic acids is 4. The number of hydrogen-bond donors (Lipinski definition) is 1. The summed E-state index contributed by atoms with van der Waals surface area (Å²) in [6.07, 6.45) is 7.29.